The van der Waals surface area contributed by atoms with Crippen LogP contribution < -0.4 is 10.6 Å². The number of hydrogen-bond acceptors (Lipinski definition) is 5. The maximum atomic E-state index is 11.8. The number of anilines is 1. The number of halogens is 1. The second-order valence-electron chi connectivity index (χ2n) is 3.98. The fourth-order valence-corrected chi connectivity index (χ4v) is 2.37. The molecule has 1 heterocycles. The Morgan fingerprint density at radius 3 is 2.85 bits per heavy atom. The molecule has 2 N–H and O–H groups in total. The Morgan fingerprint density at radius 2 is 2.20 bits per heavy atom. The van der Waals surface area contributed by atoms with Crippen LogP contribution in [0.1, 0.15) is 16.1 Å². The lowest BCUT2D eigenvalue weighted by Gasteiger charge is -2.09. The summed E-state index contributed by atoms with van der Waals surface area (Å²) in [5.74, 6) is -0.714. The smallest absolute Gasteiger partial charge is 0.273 e. The summed E-state index contributed by atoms with van der Waals surface area (Å²) in [4.78, 5) is 23.3. The number of carbonyl (C=O) groups is 2. The molecule has 0 atom stereocenters. The molecule has 6 nitrogen and oxygen atoms in total. The Labute approximate surface area is 128 Å². The lowest BCUT2D eigenvalue weighted by atomic mass is 10.2. The first-order chi connectivity index (χ1) is 9.56. The molecule has 0 fully saturated rings. The molecular formula is C12H11BrN4O2S. The van der Waals surface area contributed by atoms with Gasteiger partial charge in [0.1, 0.15) is 0 Å². The monoisotopic (exact) mass is 354 g/mol. The second-order valence-corrected chi connectivity index (χ2v) is 5.46. The van der Waals surface area contributed by atoms with Crippen LogP contribution in [-0.4, -0.2) is 27.1 Å². The van der Waals surface area contributed by atoms with E-state index in [-0.39, 0.29) is 18.1 Å². The average Bonchev–Trinajstić information content (AvgIpc) is 2.93. The minimum Gasteiger partial charge on any atom is -0.342 e. The maximum absolute atomic E-state index is 11.8. The number of amides is 2. The van der Waals surface area contributed by atoms with Crippen molar-refractivity contribution in [1.82, 2.24) is 14.1 Å². The molecule has 0 radical (unpaired) electrons. The molecule has 1 aromatic carbocycles. The van der Waals surface area contributed by atoms with Crippen molar-refractivity contribution < 1.29 is 9.59 Å². The molecule has 104 valence electrons. The zero-order valence-corrected chi connectivity index (χ0v) is 12.9. The minimum absolute atomic E-state index is 0.119. The Hall–Kier alpha value is -1.80. The molecule has 2 rings (SSSR count). The molecule has 2 amide bonds. The van der Waals surface area contributed by atoms with Gasteiger partial charge in [0.25, 0.3) is 5.91 Å². The molecule has 2 aromatic rings. The van der Waals surface area contributed by atoms with Crippen molar-refractivity contribution in [1.29, 1.82) is 0 Å². The van der Waals surface area contributed by atoms with Crippen molar-refractivity contribution in [2.75, 3.05) is 11.9 Å². The summed E-state index contributed by atoms with van der Waals surface area (Å²) >= 11 is 4.30. The van der Waals surface area contributed by atoms with Gasteiger partial charge in [0.05, 0.1) is 24.5 Å². The van der Waals surface area contributed by atoms with Crippen molar-refractivity contribution in [3.63, 3.8) is 0 Å². The maximum Gasteiger partial charge on any atom is 0.273 e. The van der Waals surface area contributed by atoms with E-state index in [4.69, 9.17) is 0 Å². The van der Waals surface area contributed by atoms with E-state index >= 15 is 0 Å². The summed E-state index contributed by atoms with van der Waals surface area (Å²) in [7, 11) is 0. The fourth-order valence-electron chi connectivity index (χ4n) is 1.48. The predicted octanol–water partition coefficient (Wildman–Crippen LogP) is 1.98. The molecule has 0 saturated heterocycles. The fraction of sp³-hybridized carbons (Fsp3) is 0.167. The predicted molar refractivity (Wildman–Crippen MR) is 79.8 cm³/mol. The lowest BCUT2D eigenvalue weighted by Crippen LogP contribution is -2.33. The van der Waals surface area contributed by atoms with Gasteiger partial charge in [-0.25, -0.2) is 0 Å². The van der Waals surface area contributed by atoms with E-state index in [0.717, 1.165) is 21.8 Å². The van der Waals surface area contributed by atoms with E-state index in [9.17, 15) is 9.59 Å². The van der Waals surface area contributed by atoms with Crippen molar-refractivity contribution in [2.45, 2.75) is 6.92 Å². The van der Waals surface area contributed by atoms with Gasteiger partial charge in [0.2, 0.25) is 5.91 Å². The molecule has 8 heteroatoms. The van der Waals surface area contributed by atoms with Gasteiger partial charge in [-0.2, -0.15) is 8.75 Å². The van der Waals surface area contributed by atoms with E-state index in [1.807, 2.05) is 19.1 Å². The normalized spacial score (nSPS) is 10.1. The number of aromatic nitrogens is 2. The number of benzene rings is 1. The Balaban J connectivity index is 1.88. The summed E-state index contributed by atoms with van der Waals surface area (Å²) in [5, 5.41) is 5.21. The number of aryl methyl sites for hydroxylation is 1. The van der Waals surface area contributed by atoms with E-state index in [0.29, 0.717) is 5.69 Å². The van der Waals surface area contributed by atoms with Crippen LogP contribution in [0, 0.1) is 6.92 Å². The van der Waals surface area contributed by atoms with Crippen molar-refractivity contribution >= 4 is 45.2 Å². The second kappa shape index (κ2) is 6.58. The Kier molecular flexibility index (Phi) is 4.80. The van der Waals surface area contributed by atoms with Crippen LogP contribution in [0.2, 0.25) is 0 Å². The number of nitrogens with one attached hydrogen (secondary N) is 2. The van der Waals surface area contributed by atoms with Crippen molar-refractivity contribution in [2.24, 2.45) is 0 Å². The van der Waals surface area contributed by atoms with E-state index in [1.54, 1.807) is 6.07 Å². The molecule has 1 aromatic heterocycles. The molecule has 20 heavy (non-hydrogen) atoms. The van der Waals surface area contributed by atoms with Gasteiger partial charge in [-0.15, -0.1) is 0 Å². The minimum atomic E-state index is -0.415. The van der Waals surface area contributed by atoms with Crippen LogP contribution in [0.5, 0.6) is 0 Å². The first kappa shape index (κ1) is 14.6. The Bertz CT molecular complexity index is 630. The largest absolute Gasteiger partial charge is 0.342 e. The third kappa shape index (κ3) is 3.84. The van der Waals surface area contributed by atoms with Crippen LogP contribution in [0.25, 0.3) is 0 Å². The highest BCUT2D eigenvalue weighted by atomic mass is 79.9. The average molecular weight is 355 g/mol. The summed E-state index contributed by atoms with van der Waals surface area (Å²) in [6.07, 6.45) is 1.36. The molecule has 0 unspecified atom stereocenters. The number of nitrogens with zero attached hydrogens (tertiary/aromatic N) is 2. The third-order valence-corrected chi connectivity index (χ3v) is 3.44. The lowest BCUT2D eigenvalue weighted by molar-refractivity contribution is -0.115. The highest BCUT2D eigenvalue weighted by molar-refractivity contribution is 9.10. The molecule has 0 saturated carbocycles. The van der Waals surface area contributed by atoms with Gasteiger partial charge in [-0.3, -0.25) is 9.59 Å². The van der Waals surface area contributed by atoms with Gasteiger partial charge < -0.3 is 10.6 Å². The summed E-state index contributed by atoms with van der Waals surface area (Å²) in [6, 6.07) is 5.53. The summed E-state index contributed by atoms with van der Waals surface area (Å²) in [5.41, 5.74) is 1.85. The van der Waals surface area contributed by atoms with E-state index in [2.05, 4.69) is 35.3 Å². The summed E-state index contributed by atoms with van der Waals surface area (Å²) in [6.45, 7) is 1.77. The quantitative estimate of drug-likeness (QED) is 0.879. The summed E-state index contributed by atoms with van der Waals surface area (Å²) < 4.78 is 8.45. The molecule has 0 bridgehead atoms. The number of carbonyl (C=O) groups excluding carboxylic acids is 2. The van der Waals surface area contributed by atoms with Crippen LogP contribution in [0.4, 0.5) is 5.69 Å². The van der Waals surface area contributed by atoms with Crippen molar-refractivity contribution in [3.05, 3.63) is 40.1 Å². The first-order valence-electron chi connectivity index (χ1n) is 5.68. The van der Waals surface area contributed by atoms with Crippen LogP contribution in [-0.2, 0) is 4.79 Å². The van der Waals surface area contributed by atoms with E-state index < -0.39 is 5.91 Å². The zero-order chi connectivity index (χ0) is 14.5. The molecule has 0 aliphatic rings. The highest BCUT2D eigenvalue weighted by Crippen LogP contribution is 2.19. The van der Waals surface area contributed by atoms with Gasteiger partial charge in [0.15, 0.2) is 5.69 Å². The van der Waals surface area contributed by atoms with Crippen LogP contribution in [0.15, 0.2) is 28.9 Å². The van der Waals surface area contributed by atoms with Gasteiger partial charge in [-0.05, 0) is 30.7 Å². The van der Waals surface area contributed by atoms with Crippen LogP contribution >= 0.6 is 27.7 Å². The topological polar surface area (TPSA) is 84.0 Å². The molecular weight excluding hydrogens is 344 g/mol. The molecule has 0 aliphatic carbocycles. The number of hydrogen-bond donors (Lipinski definition) is 2. The SMILES string of the molecule is Cc1cc(Br)ccc1NC(=O)CNC(=O)c1cnsn1. The van der Waals surface area contributed by atoms with E-state index in [1.165, 1.54) is 6.20 Å². The van der Waals surface area contributed by atoms with Crippen molar-refractivity contribution in [3.8, 4) is 0 Å². The first-order valence-corrected chi connectivity index (χ1v) is 7.20. The molecule has 0 spiro atoms. The third-order valence-electron chi connectivity index (χ3n) is 2.47. The molecule has 0 aliphatic heterocycles. The van der Waals surface area contributed by atoms with Gasteiger partial charge in [-0.1, -0.05) is 15.9 Å². The zero-order valence-electron chi connectivity index (χ0n) is 10.5. The Morgan fingerprint density at radius 1 is 1.40 bits per heavy atom. The van der Waals surface area contributed by atoms with Gasteiger partial charge in [0, 0.05) is 10.2 Å². The van der Waals surface area contributed by atoms with Crippen LogP contribution in [0.3, 0.4) is 0 Å². The standard InChI is InChI=1S/C12H11BrN4O2S/c1-7-4-8(13)2-3-9(7)16-11(18)6-14-12(19)10-5-15-20-17-10/h2-5H,6H2,1H3,(H,14,19)(H,16,18). The van der Waals surface area contributed by atoms with Gasteiger partial charge >= 0.3 is 0 Å². The highest BCUT2D eigenvalue weighted by Gasteiger charge is 2.11. The number of rotatable bonds is 4.